The van der Waals surface area contributed by atoms with Crippen LogP contribution in [0, 0.1) is 23.0 Å². The Balaban J connectivity index is 1.34. The molecule has 3 aromatic rings. The molecule has 8 heteroatoms. The molecule has 0 radical (unpaired) electrons. The lowest BCUT2D eigenvalue weighted by Crippen LogP contribution is -2.20. The monoisotopic (exact) mass is 515 g/mol. The van der Waals surface area contributed by atoms with Crippen LogP contribution >= 0.6 is 0 Å². The van der Waals surface area contributed by atoms with Crippen molar-refractivity contribution in [1.82, 2.24) is 5.43 Å². The van der Waals surface area contributed by atoms with E-state index in [1.54, 1.807) is 38.4 Å². The van der Waals surface area contributed by atoms with Gasteiger partial charge in [0.2, 0.25) is 5.91 Å². The van der Waals surface area contributed by atoms with Gasteiger partial charge in [-0.3, -0.25) is 14.9 Å². The van der Waals surface area contributed by atoms with Crippen molar-refractivity contribution in [2.75, 3.05) is 7.11 Å². The fraction of sp³-hybridized carbons (Fsp3) is 0.333. The Hall–Kier alpha value is -4.20. The van der Waals surface area contributed by atoms with E-state index in [4.69, 9.17) is 9.47 Å². The summed E-state index contributed by atoms with van der Waals surface area (Å²) in [6.07, 6.45) is 2.41. The Bertz CT molecular complexity index is 1360. The second-order valence-corrected chi connectivity index (χ2v) is 10.6. The number of hydrazone groups is 1. The summed E-state index contributed by atoms with van der Waals surface area (Å²) >= 11 is 0. The van der Waals surface area contributed by atoms with Crippen LogP contribution in [0.25, 0.3) is 0 Å². The molecule has 198 valence electrons. The molecule has 0 bridgehead atoms. The van der Waals surface area contributed by atoms with Crippen molar-refractivity contribution >= 4 is 17.8 Å². The number of carbonyl (C=O) groups excluding carboxylic acids is 1. The lowest BCUT2D eigenvalue weighted by Gasteiger charge is -2.19. The molecule has 38 heavy (non-hydrogen) atoms. The zero-order chi connectivity index (χ0) is 27.4. The highest BCUT2D eigenvalue weighted by atomic mass is 16.6. The lowest BCUT2D eigenvalue weighted by molar-refractivity contribution is -0.385. The number of amides is 1. The first kappa shape index (κ1) is 26.9. The molecule has 1 aliphatic carbocycles. The molecule has 0 heterocycles. The van der Waals surface area contributed by atoms with E-state index < -0.39 is 4.92 Å². The summed E-state index contributed by atoms with van der Waals surface area (Å²) in [6.45, 7) is 8.43. The molecule has 0 aromatic heterocycles. The van der Waals surface area contributed by atoms with E-state index in [0.29, 0.717) is 17.1 Å². The van der Waals surface area contributed by atoms with Gasteiger partial charge in [-0.25, -0.2) is 5.43 Å². The number of aryl methyl sites for hydroxylation is 1. The fourth-order valence-electron chi connectivity index (χ4n) is 4.41. The van der Waals surface area contributed by atoms with Gasteiger partial charge in [-0.05, 0) is 71.7 Å². The van der Waals surface area contributed by atoms with Gasteiger partial charge in [-0.1, -0.05) is 45.0 Å². The molecule has 3 aromatic carbocycles. The minimum atomic E-state index is -0.419. The maximum atomic E-state index is 12.6. The zero-order valence-electron chi connectivity index (χ0n) is 22.4. The number of ether oxygens (including phenoxy) is 2. The standard InChI is InChI=1S/C30H33N3O5/c1-19-14-24(11-12-27(19)33(35)36)38-18-22-15-20(6-13-28(22)37-5)17-31-32-29(34)26-16-25(26)21-7-9-23(10-8-21)30(2,3)4/h6-15,17,25-26H,16,18H2,1-5H3,(H,32,34). The Morgan fingerprint density at radius 3 is 2.50 bits per heavy atom. The molecular weight excluding hydrogens is 482 g/mol. The number of nitrogens with one attached hydrogen (secondary N) is 1. The quantitative estimate of drug-likeness (QED) is 0.213. The van der Waals surface area contributed by atoms with Gasteiger partial charge in [0.05, 0.1) is 18.2 Å². The second kappa shape index (κ2) is 11.0. The SMILES string of the molecule is COc1ccc(C=NNC(=O)C2CC2c2ccc(C(C)(C)C)cc2)cc1COc1ccc([N+](=O)[O-])c(C)c1. The predicted molar refractivity (Wildman–Crippen MR) is 147 cm³/mol. The van der Waals surface area contributed by atoms with Gasteiger partial charge in [0.15, 0.2) is 0 Å². The molecular formula is C30H33N3O5. The number of nitro benzene ring substituents is 1. The highest BCUT2D eigenvalue weighted by Crippen LogP contribution is 2.47. The summed E-state index contributed by atoms with van der Waals surface area (Å²) in [5.74, 6) is 1.23. The highest BCUT2D eigenvalue weighted by Gasteiger charge is 2.44. The number of nitro groups is 1. The third-order valence-corrected chi connectivity index (χ3v) is 6.78. The van der Waals surface area contributed by atoms with Crippen molar-refractivity contribution in [3.63, 3.8) is 0 Å². The molecule has 8 nitrogen and oxygen atoms in total. The third kappa shape index (κ3) is 6.37. The van der Waals surface area contributed by atoms with Gasteiger partial charge < -0.3 is 9.47 Å². The molecule has 0 spiro atoms. The number of benzene rings is 3. The first-order valence-corrected chi connectivity index (χ1v) is 12.5. The van der Waals surface area contributed by atoms with Crippen molar-refractivity contribution in [3.05, 3.63) is 98.6 Å². The van der Waals surface area contributed by atoms with Crippen LogP contribution in [-0.2, 0) is 16.8 Å². The van der Waals surface area contributed by atoms with Crippen molar-refractivity contribution < 1.29 is 19.2 Å². The van der Waals surface area contributed by atoms with Crippen LogP contribution in [0.2, 0.25) is 0 Å². The summed E-state index contributed by atoms with van der Waals surface area (Å²) in [5, 5.41) is 15.2. The average molecular weight is 516 g/mol. The molecule has 1 fully saturated rings. The Kier molecular flexibility index (Phi) is 7.80. The highest BCUT2D eigenvalue weighted by molar-refractivity contribution is 5.85. The fourth-order valence-corrected chi connectivity index (χ4v) is 4.41. The van der Waals surface area contributed by atoms with E-state index in [1.807, 2.05) is 12.1 Å². The maximum Gasteiger partial charge on any atom is 0.272 e. The second-order valence-electron chi connectivity index (χ2n) is 10.6. The number of carbonyl (C=O) groups is 1. The number of hydrogen-bond donors (Lipinski definition) is 1. The minimum absolute atomic E-state index is 0.0474. The third-order valence-electron chi connectivity index (χ3n) is 6.78. The van der Waals surface area contributed by atoms with Crippen LogP contribution in [0.5, 0.6) is 11.5 Å². The van der Waals surface area contributed by atoms with Gasteiger partial charge in [0.25, 0.3) is 5.69 Å². The van der Waals surface area contributed by atoms with Gasteiger partial charge in [0, 0.05) is 23.1 Å². The minimum Gasteiger partial charge on any atom is -0.496 e. The van der Waals surface area contributed by atoms with E-state index in [2.05, 4.69) is 55.6 Å². The topological polar surface area (TPSA) is 103 Å². The van der Waals surface area contributed by atoms with Crippen molar-refractivity contribution in [2.24, 2.45) is 11.0 Å². The van der Waals surface area contributed by atoms with Crippen LogP contribution in [0.4, 0.5) is 5.69 Å². The molecule has 0 aliphatic heterocycles. The number of methoxy groups -OCH3 is 1. The van der Waals surface area contributed by atoms with E-state index in [1.165, 1.54) is 17.2 Å². The molecule has 0 saturated heterocycles. The molecule has 1 aliphatic rings. The van der Waals surface area contributed by atoms with E-state index in [-0.39, 0.29) is 35.5 Å². The Morgan fingerprint density at radius 2 is 1.87 bits per heavy atom. The summed E-state index contributed by atoms with van der Waals surface area (Å²) in [4.78, 5) is 23.2. The van der Waals surface area contributed by atoms with E-state index >= 15 is 0 Å². The number of rotatable bonds is 9. The molecule has 1 saturated carbocycles. The Morgan fingerprint density at radius 1 is 1.13 bits per heavy atom. The van der Waals surface area contributed by atoms with E-state index in [0.717, 1.165) is 17.5 Å². The predicted octanol–water partition coefficient (Wildman–Crippen LogP) is 6.04. The van der Waals surface area contributed by atoms with Gasteiger partial charge >= 0.3 is 0 Å². The van der Waals surface area contributed by atoms with Crippen LogP contribution in [-0.4, -0.2) is 24.2 Å². The molecule has 1 amide bonds. The van der Waals surface area contributed by atoms with Crippen LogP contribution < -0.4 is 14.9 Å². The van der Waals surface area contributed by atoms with E-state index in [9.17, 15) is 14.9 Å². The van der Waals surface area contributed by atoms with Crippen molar-refractivity contribution in [3.8, 4) is 11.5 Å². The number of nitrogens with zero attached hydrogens (tertiary/aromatic N) is 2. The van der Waals surface area contributed by atoms with Crippen LogP contribution in [0.3, 0.4) is 0 Å². The molecule has 4 rings (SSSR count). The molecule has 1 N–H and O–H groups in total. The van der Waals surface area contributed by atoms with Gasteiger partial charge in [-0.15, -0.1) is 0 Å². The summed E-state index contributed by atoms with van der Waals surface area (Å²) < 4.78 is 11.3. The number of hydrogen-bond acceptors (Lipinski definition) is 6. The summed E-state index contributed by atoms with van der Waals surface area (Å²) in [5.41, 5.74) is 7.35. The molecule has 2 unspecified atom stereocenters. The van der Waals surface area contributed by atoms with Crippen molar-refractivity contribution in [2.45, 2.75) is 52.1 Å². The smallest absolute Gasteiger partial charge is 0.272 e. The van der Waals surface area contributed by atoms with Crippen LogP contribution in [0.15, 0.2) is 65.8 Å². The maximum absolute atomic E-state index is 12.6. The normalized spacial score (nSPS) is 16.8. The summed E-state index contributed by atoms with van der Waals surface area (Å²) in [7, 11) is 1.57. The van der Waals surface area contributed by atoms with Gasteiger partial charge in [0.1, 0.15) is 18.1 Å². The van der Waals surface area contributed by atoms with Crippen LogP contribution in [0.1, 0.15) is 60.9 Å². The zero-order valence-corrected chi connectivity index (χ0v) is 22.4. The van der Waals surface area contributed by atoms with Crippen molar-refractivity contribution in [1.29, 1.82) is 0 Å². The van der Waals surface area contributed by atoms with Gasteiger partial charge in [-0.2, -0.15) is 5.10 Å². The Labute approximate surface area is 222 Å². The lowest BCUT2D eigenvalue weighted by atomic mass is 9.86. The summed E-state index contributed by atoms with van der Waals surface area (Å²) in [6, 6.07) is 18.7. The molecule has 2 atom stereocenters. The first-order valence-electron chi connectivity index (χ1n) is 12.5. The average Bonchev–Trinajstić information content (AvgIpc) is 3.68. The largest absolute Gasteiger partial charge is 0.496 e. The first-order chi connectivity index (χ1) is 18.1.